The van der Waals surface area contributed by atoms with Crippen molar-refractivity contribution in [3.8, 4) is 0 Å². The molecular formula is C8H9N5O3S. The molecule has 1 aliphatic rings. The summed E-state index contributed by atoms with van der Waals surface area (Å²) in [7, 11) is 0. The van der Waals surface area contributed by atoms with Crippen LogP contribution in [0.1, 0.15) is 22.6 Å². The Kier molecular flexibility index (Phi) is 3.00. The number of anilines is 1. The molecule has 1 atom stereocenters. The number of carbonyl (C=O) groups is 3. The molecule has 2 rings (SSSR count). The molecule has 1 aromatic heterocycles. The molecule has 0 radical (unpaired) electrons. The first-order valence-corrected chi connectivity index (χ1v) is 5.61. The Morgan fingerprint density at radius 3 is 2.82 bits per heavy atom. The fraction of sp³-hybridized carbons (Fsp3) is 0.375. The molecule has 2 heterocycles. The van der Waals surface area contributed by atoms with Crippen LogP contribution in [0.2, 0.25) is 0 Å². The van der Waals surface area contributed by atoms with Crippen molar-refractivity contribution in [2.75, 3.05) is 5.73 Å². The van der Waals surface area contributed by atoms with Crippen molar-refractivity contribution >= 4 is 34.2 Å². The molecule has 0 saturated carbocycles. The molecule has 17 heavy (non-hydrogen) atoms. The zero-order chi connectivity index (χ0) is 12.4. The largest absolute Gasteiger partial charge is 0.374 e. The number of aromatic nitrogens is 2. The maximum Gasteiger partial charge on any atom is 0.282 e. The van der Waals surface area contributed by atoms with E-state index < -0.39 is 17.9 Å². The Labute approximate surface area is 99.6 Å². The number of rotatable bonds is 2. The lowest BCUT2D eigenvalue weighted by Gasteiger charge is -2.20. The maximum absolute atomic E-state index is 11.6. The first kappa shape index (κ1) is 11.5. The van der Waals surface area contributed by atoms with Crippen molar-refractivity contribution in [1.29, 1.82) is 0 Å². The fourth-order valence-electron chi connectivity index (χ4n) is 1.38. The zero-order valence-electron chi connectivity index (χ0n) is 8.60. The minimum atomic E-state index is -0.717. The van der Waals surface area contributed by atoms with E-state index >= 15 is 0 Å². The summed E-state index contributed by atoms with van der Waals surface area (Å²) >= 11 is 0.931. The van der Waals surface area contributed by atoms with E-state index in [9.17, 15) is 14.4 Å². The zero-order valence-corrected chi connectivity index (χ0v) is 9.41. The SMILES string of the molecule is Nc1nnc(C(=O)NC2CCC(=O)NC2=O)s1. The number of nitrogens with zero attached hydrogens (tertiary/aromatic N) is 2. The van der Waals surface area contributed by atoms with Gasteiger partial charge in [0.1, 0.15) is 6.04 Å². The average molecular weight is 255 g/mol. The summed E-state index contributed by atoms with van der Waals surface area (Å²) < 4.78 is 0. The monoisotopic (exact) mass is 255 g/mol. The van der Waals surface area contributed by atoms with Gasteiger partial charge in [-0.3, -0.25) is 19.7 Å². The highest BCUT2D eigenvalue weighted by molar-refractivity contribution is 7.16. The van der Waals surface area contributed by atoms with Gasteiger partial charge in [0.15, 0.2) is 0 Å². The van der Waals surface area contributed by atoms with E-state index in [1.54, 1.807) is 0 Å². The number of hydrogen-bond acceptors (Lipinski definition) is 7. The molecule has 0 aromatic carbocycles. The van der Waals surface area contributed by atoms with E-state index in [4.69, 9.17) is 5.73 Å². The number of nitrogens with one attached hydrogen (secondary N) is 2. The number of amides is 3. The second kappa shape index (κ2) is 4.45. The number of hydrogen-bond donors (Lipinski definition) is 3. The summed E-state index contributed by atoms with van der Waals surface area (Å²) in [5, 5.41) is 11.9. The summed E-state index contributed by atoms with van der Waals surface area (Å²) in [5.41, 5.74) is 5.34. The van der Waals surface area contributed by atoms with Crippen LogP contribution in [0.5, 0.6) is 0 Å². The van der Waals surface area contributed by atoms with Gasteiger partial charge in [0.25, 0.3) is 5.91 Å². The third kappa shape index (κ3) is 2.56. The van der Waals surface area contributed by atoms with Gasteiger partial charge in [0, 0.05) is 6.42 Å². The van der Waals surface area contributed by atoms with E-state index in [2.05, 4.69) is 20.8 Å². The molecule has 8 nitrogen and oxygen atoms in total. The van der Waals surface area contributed by atoms with Crippen molar-refractivity contribution < 1.29 is 14.4 Å². The van der Waals surface area contributed by atoms with Gasteiger partial charge in [-0.05, 0) is 6.42 Å². The average Bonchev–Trinajstić information content (AvgIpc) is 2.69. The molecule has 1 saturated heterocycles. The Morgan fingerprint density at radius 2 is 2.24 bits per heavy atom. The number of imide groups is 1. The third-order valence-electron chi connectivity index (χ3n) is 2.18. The molecule has 1 aromatic rings. The number of nitrogen functional groups attached to an aromatic ring is 1. The molecule has 1 fully saturated rings. The quantitative estimate of drug-likeness (QED) is 0.561. The lowest BCUT2D eigenvalue weighted by Crippen LogP contribution is -2.52. The van der Waals surface area contributed by atoms with Crippen LogP contribution in [0.15, 0.2) is 0 Å². The molecule has 0 aliphatic carbocycles. The summed E-state index contributed by atoms with van der Waals surface area (Å²) in [4.78, 5) is 33.9. The Morgan fingerprint density at radius 1 is 1.47 bits per heavy atom. The molecule has 1 unspecified atom stereocenters. The highest BCUT2D eigenvalue weighted by atomic mass is 32.1. The van der Waals surface area contributed by atoms with E-state index in [1.165, 1.54) is 0 Å². The van der Waals surface area contributed by atoms with E-state index in [0.29, 0.717) is 0 Å². The van der Waals surface area contributed by atoms with Crippen LogP contribution in [0.25, 0.3) is 0 Å². The Balaban J connectivity index is 1.99. The summed E-state index contributed by atoms with van der Waals surface area (Å²) in [6.07, 6.45) is 0.486. The van der Waals surface area contributed by atoms with Crippen LogP contribution in [0.4, 0.5) is 5.13 Å². The molecule has 90 valence electrons. The highest BCUT2D eigenvalue weighted by Crippen LogP contribution is 2.12. The first-order chi connectivity index (χ1) is 8.06. The number of carbonyl (C=O) groups excluding carboxylic acids is 3. The molecule has 4 N–H and O–H groups in total. The van der Waals surface area contributed by atoms with Crippen molar-refractivity contribution in [3.05, 3.63) is 5.01 Å². The van der Waals surface area contributed by atoms with Gasteiger partial charge in [-0.2, -0.15) is 0 Å². The molecule has 0 bridgehead atoms. The van der Waals surface area contributed by atoms with Gasteiger partial charge in [0.05, 0.1) is 0 Å². The van der Waals surface area contributed by atoms with Gasteiger partial charge in [-0.25, -0.2) is 0 Å². The minimum Gasteiger partial charge on any atom is -0.374 e. The number of piperidine rings is 1. The first-order valence-electron chi connectivity index (χ1n) is 4.80. The lowest BCUT2D eigenvalue weighted by atomic mass is 10.1. The second-order valence-electron chi connectivity index (χ2n) is 3.42. The summed E-state index contributed by atoms with van der Waals surface area (Å²) in [6, 6.07) is -0.717. The van der Waals surface area contributed by atoms with Gasteiger partial charge in [-0.15, -0.1) is 10.2 Å². The Hall–Kier alpha value is -2.03. The molecule has 3 amide bonds. The normalized spacial score (nSPS) is 19.9. The van der Waals surface area contributed by atoms with E-state index in [0.717, 1.165) is 11.3 Å². The van der Waals surface area contributed by atoms with Crippen molar-refractivity contribution in [2.24, 2.45) is 0 Å². The van der Waals surface area contributed by atoms with Crippen LogP contribution < -0.4 is 16.4 Å². The van der Waals surface area contributed by atoms with Crippen molar-refractivity contribution in [1.82, 2.24) is 20.8 Å². The Bertz CT molecular complexity index is 485. The van der Waals surface area contributed by atoms with Crippen LogP contribution >= 0.6 is 11.3 Å². The van der Waals surface area contributed by atoms with E-state index in [1.807, 2.05) is 0 Å². The highest BCUT2D eigenvalue weighted by Gasteiger charge is 2.28. The fourth-order valence-corrected chi connectivity index (χ4v) is 1.89. The van der Waals surface area contributed by atoms with Crippen LogP contribution in [-0.2, 0) is 9.59 Å². The second-order valence-corrected chi connectivity index (χ2v) is 4.43. The third-order valence-corrected chi connectivity index (χ3v) is 2.93. The van der Waals surface area contributed by atoms with E-state index in [-0.39, 0.29) is 28.9 Å². The van der Waals surface area contributed by atoms with Crippen LogP contribution in [0, 0.1) is 0 Å². The minimum absolute atomic E-state index is 0.0900. The molecule has 0 spiro atoms. The standard InChI is InChI=1S/C8H9N5O3S/c9-8-13-12-7(17-8)6(16)10-3-1-2-4(14)11-5(3)15/h3H,1-2H2,(H2,9,13)(H,10,16)(H,11,14,15). The number of nitrogens with two attached hydrogens (primary N) is 1. The maximum atomic E-state index is 11.6. The van der Waals surface area contributed by atoms with Gasteiger partial charge >= 0.3 is 0 Å². The molecule has 9 heteroatoms. The lowest BCUT2D eigenvalue weighted by molar-refractivity contribution is -0.134. The van der Waals surface area contributed by atoms with Crippen molar-refractivity contribution in [2.45, 2.75) is 18.9 Å². The smallest absolute Gasteiger partial charge is 0.282 e. The molecular weight excluding hydrogens is 246 g/mol. The summed E-state index contributed by atoms with van der Waals surface area (Å²) in [6.45, 7) is 0. The predicted octanol–water partition coefficient (Wildman–Crippen LogP) is -1.34. The van der Waals surface area contributed by atoms with Gasteiger partial charge in [-0.1, -0.05) is 11.3 Å². The molecule has 1 aliphatic heterocycles. The van der Waals surface area contributed by atoms with Crippen molar-refractivity contribution in [3.63, 3.8) is 0 Å². The van der Waals surface area contributed by atoms with Crippen LogP contribution in [0.3, 0.4) is 0 Å². The topological polar surface area (TPSA) is 127 Å². The van der Waals surface area contributed by atoms with Crippen LogP contribution in [-0.4, -0.2) is 34.0 Å². The predicted molar refractivity (Wildman–Crippen MR) is 58.0 cm³/mol. The van der Waals surface area contributed by atoms with Gasteiger partial charge in [0.2, 0.25) is 22.0 Å². The van der Waals surface area contributed by atoms with Gasteiger partial charge < -0.3 is 11.1 Å². The summed E-state index contributed by atoms with van der Waals surface area (Å²) in [5.74, 6) is -1.36.